The maximum absolute atomic E-state index is 6.07. The molecule has 134 valence electrons. The molecule has 1 aromatic heterocycles. The van der Waals surface area contributed by atoms with Gasteiger partial charge in [-0.2, -0.15) is 0 Å². The normalized spacial score (nSPS) is 10.7. The minimum absolute atomic E-state index is 0.600. The number of aromatic nitrogens is 3. The monoisotopic (exact) mass is 385 g/mol. The van der Waals surface area contributed by atoms with Gasteiger partial charge in [-0.1, -0.05) is 53.7 Å². The molecule has 0 aliphatic carbocycles. The maximum Gasteiger partial charge on any atom is 0.192 e. The van der Waals surface area contributed by atoms with Crippen LogP contribution in [0.2, 0.25) is 5.02 Å². The number of hydrogen-bond acceptors (Lipinski definition) is 4. The molecule has 0 atom stereocenters. The van der Waals surface area contributed by atoms with Gasteiger partial charge in [0.15, 0.2) is 11.0 Å². The highest BCUT2D eigenvalue weighted by Crippen LogP contribution is 2.32. The van der Waals surface area contributed by atoms with Gasteiger partial charge in [0.25, 0.3) is 0 Å². The van der Waals surface area contributed by atoms with Crippen LogP contribution < -0.4 is 4.74 Å². The Morgan fingerprint density at radius 2 is 2.04 bits per heavy atom. The summed E-state index contributed by atoms with van der Waals surface area (Å²) in [6.07, 6.45) is 1.85. The number of nitrogens with zero attached hydrogens (tertiary/aromatic N) is 3. The first kappa shape index (κ1) is 18.5. The number of halogens is 1. The van der Waals surface area contributed by atoms with E-state index in [4.69, 9.17) is 16.3 Å². The van der Waals surface area contributed by atoms with E-state index in [9.17, 15) is 0 Å². The highest BCUT2D eigenvalue weighted by molar-refractivity contribution is 7.98. The maximum atomic E-state index is 6.07. The van der Waals surface area contributed by atoms with Crippen molar-refractivity contribution in [3.05, 3.63) is 71.8 Å². The summed E-state index contributed by atoms with van der Waals surface area (Å²) in [5, 5.41) is 10.4. The fourth-order valence-electron chi connectivity index (χ4n) is 2.60. The van der Waals surface area contributed by atoms with Crippen LogP contribution in [0.3, 0.4) is 0 Å². The standard InChI is InChI=1S/C20H20ClN3OS/c1-3-12-24-19(17-10-5-6-11-18(17)25-4-2)22-23-20(24)26-14-15-8-7-9-16(21)13-15/h3,5-11,13H,1,4,12,14H2,2H3. The van der Waals surface area contributed by atoms with Crippen LogP contribution in [-0.2, 0) is 12.3 Å². The molecule has 0 N–H and O–H groups in total. The molecule has 4 nitrogen and oxygen atoms in total. The first-order chi connectivity index (χ1) is 12.7. The summed E-state index contributed by atoms with van der Waals surface area (Å²) in [4.78, 5) is 0. The van der Waals surface area contributed by atoms with Crippen molar-refractivity contribution in [2.75, 3.05) is 6.61 Å². The Hall–Kier alpha value is -2.24. The molecule has 2 aromatic carbocycles. The summed E-state index contributed by atoms with van der Waals surface area (Å²) >= 11 is 7.69. The van der Waals surface area contributed by atoms with Gasteiger partial charge in [0.05, 0.1) is 12.2 Å². The van der Waals surface area contributed by atoms with Crippen molar-refractivity contribution in [2.45, 2.75) is 24.4 Å². The van der Waals surface area contributed by atoms with Crippen LogP contribution in [0.1, 0.15) is 12.5 Å². The molecular formula is C20H20ClN3OS. The highest BCUT2D eigenvalue weighted by atomic mass is 35.5. The van der Waals surface area contributed by atoms with Crippen LogP contribution in [0.4, 0.5) is 0 Å². The number of para-hydroxylation sites is 1. The number of benzene rings is 2. The lowest BCUT2D eigenvalue weighted by Gasteiger charge is -2.11. The molecule has 1 heterocycles. The second-order valence-electron chi connectivity index (χ2n) is 5.55. The number of rotatable bonds is 8. The molecule has 0 saturated heterocycles. The van der Waals surface area contributed by atoms with Gasteiger partial charge in [0.1, 0.15) is 5.75 Å². The molecule has 0 radical (unpaired) electrons. The molecule has 0 unspecified atom stereocenters. The zero-order valence-corrected chi connectivity index (χ0v) is 16.1. The van der Waals surface area contributed by atoms with Crippen LogP contribution >= 0.6 is 23.4 Å². The third-order valence-corrected chi connectivity index (χ3v) is 4.99. The van der Waals surface area contributed by atoms with E-state index < -0.39 is 0 Å². The average molecular weight is 386 g/mol. The van der Waals surface area contributed by atoms with Crippen molar-refractivity contribution in [3.63, 3.8) is 0 Å². The second kappa shape index (κ2) is 8.92. The van der Waals surface area contributed by atoms with Gasteiger partial charge in [0, 0.05) is 17.3 Å². The lowest BCUT2D eigenvalue weighted by Crippen LogP contribution is -2.02. The molecule has 26 heavy (non-hydrogen) atoms. The topological polar surface area (TPSA) is 39.9 Å². The van der Waals surface area contributed by atoms with Gasteiger partial charge in [-0.15, -0.1) is 16.8 Å². The first-order valence-corrected chi connectivity index (χ1v) is 9.72. The Morgan fingerprint density at radius 1 is 1.19 bits per heavy atom. The third kappa shape index (κ3) is 4.29. The van der Waals surface area contributed by atoms with E-state index >= 15 is 0 Å². The summed E-state index contributed by atoms with van der Waals surface area (Å²) in [6, 6.07) is 15.7. The minimum atomic E-state index is 0.600. The third-order valence-electron chi connectivity index (χ3n) is 3.71. The summed E-state index contributed by atoms with van der Waals surface area (Å²) in [7, 11) is 0. The van der Waals surface area contributed by atoms with Crippen molar-refractivity contribution in [3.8, 4) is 17.1 Å². The van der Waals surface area contributed by atoms with Gasteiger partial charge in [0.2, 0.25) is 0 Å². The first-order valence-electron chi connectivity index (χ1n) is 8.36. The Bertz CT molecular complexity index is 894. The van der Waals surface area contributed by atoms with Crippen LogP contribution in [0.25, 0.3) is 11.4 Å². The van der Waals surface area contributed by atoms with Crippen molar-refractivity contribution < 1.29 is 4.74 Å². The molecule has 3 rings (SSSR count). The Labute approximate surface area is 162 Å². The smallest absolute Gasteiger partial charge is 0.192 e. The lowest BCUT2D eigenvalue weighted by molar-refractivity contribution is 0.341. The molecule has 0 amide bonds. The van der Waals surface area contributed by atoms with Gasteiger partial charge < -0.3 is 4.74 Å². The second-order valence-corrected chi connectivity index (χ2v) is 6.93. The van der Waals surface area contributed by atoms with Crippen molar-refractivity contribution in [2.24, 2.45) is 0 Å². The molecule has 0 aliphatic heterocycles. The molecule has 6 heteroatoms. The van der Waals surface area contributed by atoms with Gasteiger partial charge in [-0.05, 0) is 36.8 Å². The summed E-state index contributed by atoms with van der Waals surface area (Å²) in [5.41, 5.74) is 2.07. The van der Waals surface area contributed by atoms with Gasteiger partial charge in [-0.25, -0.2) is 0 Å². The molecular weight excluding hydrogens is 366 g/mol. The van der Waals surface area contributed by atoms with Crippen molar-refractivity contribution in [1.82, 2.24) is 14.8 Å². The van der Waals surface area contributed by atoms with E-state index in [1.54, 1.807) is 11.8 Å². The number of ether oxygens (including phenoxy) is 1. The predicted molar refractivity (Wildman–Crippen MR) is 108 cm³/mol. The Balaban J connectivity index is 1.90. The van der Waals surface area contributed by atoms with E-state index in [1.165, 1.54) is 0 Å². The quantitative estimate of drug-likeness (QED) is 0.380. The minimum Gasteiger partial charge on any atom is -0.493 e. The lowest BCUT2D eigenvalue weighted by atomic mass is 10.2. The molecule has 0 aliphatic rings. The van der Waals surface area contributed by atoms with E-state index in [2.05, 4.69) is 27.4 Å². The van der Waals surface area contributed by atoms with Gasteiger partial charge in [-0.3, -0.25) is 4.57 Å². The molecule has 3 aromatic rings. The van der Waals surface area contributed by atoms with Crippen molar-refractivity contribution in [1.29, 1.82) is 0 Å². The van der Waals surface area contributed by atoms with Crippen molar-refractivity contribution >= 4 is 23.4 Å². The summed E-state index contributed by atoms with van der Waals surface area (Å²) in [6.45, 7) is 7.06. The van der Waals surface area contributed by atoms with Crippen LogP contribution in [0.15, 0.2) is 66.3 Å². The predicted octanol–water partition coefficient (Wildman–Crippen LogP) is 5.48. The zero-order valence-electron chi connectivity index (χ0n) is 14.6. The zero-order chi connectivity index (χ0) is 18.4. The summed E-state index contributed by atoms with van der Waals surface area (Å²) in [5.74, 6) is 2.35. The van der Waals surface area contributed by atoms with Crippen LogP contribution in [0.5, 0.6) is 5.75 Å². The molecule has 0 saturated carbocycles. The number of allylic oxidation sites excluding steroid dienone is 1. The average Bonchev–Trinajstić information content (AvgIpc) is 3.04. The molecule has 0 bridgehead atoms. The number of hydrogen-bond donors (Lipinski definition) is 0. The number of thioether (sulfide) groups is 1. The van der Waals surface area contributed by atoms with Crippen LogP contribution in [0, 0.1) is 0 Å². The van der Waals surface area contributed by atoms with Gasteiger partial charge >= 0.3 is 0 Å². The van der Waals surface area contributed by atoms with E-state index in [-0.39, 0.29) is 0 Å². The van der Waals surface area contributed by atoms with E-state index in [0.29, 0.717) is 13.2 Å². The molecule has 0 fully saturated rings. The largest absolute Gasteiger partial charge is 0.493 e. The molecule has 0 spiro atoms. The Morgan fingerprint density at radius 3 is 2.81 bits per heavy atom. The Kier molecular flexibility index (Phi) is 6.36. The van der Waals surface area contributed by atoms with Crippen LogP contribution in [-0.4, -0.2) is 21.4 Å². The fourth-order valence-corrected chi connectivity index (χ4v) is 3.70. The highest BCUT2D eigenvalue weighted by Gasteiger charge is 2.17. The van der Waals surface area contributed by atoms with E-state index in [0.717, 1.165) is 38.6 Å². The van der Waals surface area contributed by atoms with E-state index in [1.807, 2.05) is 55.5 Å². The summed E-state index contributed by atoms with van der Waals surface area (Å²) < 4.78 is 7.80. The SMILES string of the molecule is C=CCn1c(SCc2cccc(Cl)c2)nnc1-c1ccccc1OCC. The fraction of sp³-hybridized carbons (Fsp3) is 0.200.